The summed E-state index contributed by atoms with van der Waals surface area (Å²) in [5.41, 5.74) is 0.176. The van der Waals surface area contributed by atoms with E-state index in [0.717, 1.165) is 10.5 Å². The van der Waals surface area contributed by atoms with E-state index in [2.05, 4.69) is 19.7 Å². The molecule has 0 bridgehead atoms. The Balaban J connectivity index is 0. The first-order chi connectivity index (χ1) is 4.91. The van der Waals surface area contributed by atoms with Gasteiger partial charge in [0, 0.05) is 5.57 Å². The van der Waals surface area contributed by atoms with Gasteiger partial charge >= 0.3 is 5.97 Å². The molecule has 1 N–H and O–H groups in total. The molecule has 66 valence electrons. The lowest BCUT2D eigenvalue weighted by molar-refractivity contribution is -0.132. The van der Waals surface area contributed by atoms with Crippen molar-refractivity contribution < 1.29 is 14.0 Å². The van der Waals surface area contributed by atoms with Crippen LogP contribution in [0.2, 0.25) is 13.1 Å². The summed E-state index contributed by atoms with van der Waals surface area (Å²) in [7, 11) is 0.347. The van der Waals surface area contributed by atoms with Gasteiger partial charge < -0.3 is 9.22 Å². The smallest absolute Gasteiger partial charge is 0.330 e. The zero-order valence-corrected chi connectivity index (χ0v) is 10.7. The zero-order valence-electron chi connectivity index (χ0n) is 7.55. The normalized spacial score (nSPS) is 8.73. The minimum absolute atomic E-state index is 0.176. The van der Waals surface area contributed by atoms with E-state index in [0.29, 0.717) is 0 Å². The van der Waals surface area contributed by atoms with Gasteiger partial charge in [-0.1, -0.05) is 6.58 Å². The Morgan fingerprint density at radius 2 is 1.82 bits per heavy atom. The number of rotatable bonds is 2. The molecule has 0 radical (unpaired) electrons. The molecule has 11 heavy (non-hydrogen) atoms. The molecule has 0 rings (SSSR count). The van der Waals surface area contributed by atoms with Crippen molar-refractivity contribution in [1.82, 2.24) is 0 Å². The van der Waals surface area contributed by atoms with E-state index < -0.39 is 15.0 Å². The Bertz CT molecular complexity index is 122. The van der Waals surface area contributed by atoms with Crippen molar-refractivity contribution in [2.24, 2.45) is 0 Å². The summed E-state index contributed by atoms with van der Waals surface area (Å²) in [6, 6.07) is 0. The molecular weight excluding hydrogens is 176 g/mol. The van der Waals surface area contributed by atoms with Crippen molar-refractivity contribution in [3.8, 4) is 0 Å². The second kappa shape index (κ2) is 7.71. The molecule has 0 aromatic rings. The van der Waals surface area contributed by atoms with Crippen LogP contribution in [0.5, 0.6) is 0 Å². The van der Waals surface area contributed by atoms with Crippen molar-refractivity contribution in [3.05, 3.63) is 12.2 Å². The van der Waals surface area contributed by atoms with Gasteiger partial charge in [0.05, 0.1) is 0 Å². The van der Waals surface area contributed by atoms with Gasteiger partial charge in [-0.3, -0.25) is 0 Å². The molecule has 0 aliphatic carbocycles. The van der Waals surface area contributed by atoms with Gasteiger partial charge in [-0.2, -0.15) is 0 Å². The van der Waals surface area contributed by atoms with Gasteiger partial charge in [0.1, 0.15) is 10.5 Å². The maximum Gasteiger partial charge on any atom is 0.330 e. The summed E-state index contributed by atoms with van der Waals surface area (Å²) < 4.78 is 5.03. The summed E-state index contributed by atoms with van der Waals surface area (Å²) in [4.78, 5) is 9.60. The fraction of sp³-hybridized carbons (Fsp3) is 0.500. The summed E-state index contributed by atoms with van der Waals surface area (Å²) in [5, 5.41) is 7.89. The van der Waals surface area contributed by atoms with Crippen molar-refractivity contribution in [2.45, 2.75) is 20.0 Å². The molecule has 0 fully saturated rings. The van der Waals surface area contributed by atoms with E-state index in [1.165, 1.54) is 6.92 Å². The second-order valence-electron chi connectivity index (χ2n) is 2.37. The highest BCUT2D eigenvalue weighted by Gasteiger charge is 1.90. The summed E-state index contributed by atoms with van der Waals surface area (Å²) in [5.74, 6) is -0.935. The SMILES string of the molecule is C=C(C)C(=O)O.C[SiH](C)O[SiH3]. The van der Waals surface area contributed by atoms with E-state index in [4.69, 9.17) is 9.22 Å². The Hall–Kier alpha value is -0.396. The van der Waals surface area contributed by atoms with Crippen molar-refractivity contribution in [1.29, 1.82) is 0 Å². The average molecular weight is 192 g/mol. The number of hydrogen-bond donors (Lipinski definition) is 1. The highest BCUT2D eigenvalue weighted by atomic mass is 28.3. The molecule has 0 aromatic heterocycles. The molecule has 0 atom stereocenters. The highest BCUT2D eigenvalue weighted by molar-refractivity contribution is 6.52. The number of carboxylic acid groups (broad SMARTS) is 1. The number of carbonyl (C=O) groups is 1. The van der Waals surface area contributed by atoms with Crippen LogP contribution in [-0.4, -0.2) is 30.6 Å². The van der Waals surface area contributed by atoms with Crippen molar-refractivity contribution >= 4 is 25.5 Å². The van der Waals surface area contributed by atoms with E-state index in [-0.39, 0.29) is 5.57 Å². The van der Waals surface area contributed by atoms with Crippen LogP contribution in [0.4, 0.5) is 0 Å². The molecule has 3 nitrogen and oxygen atoms in total. The van der Waals surface area contributed by atoms with Crippen LogP contribution in [0.3, 0.4) is 0 Å². The Labute approximate surface area is 72.3 Å². The monoisotopic (exact) mass is 192 g/mol. The van der Waals surface area contributed by atoms with Gasteiger partial charge in [0.15, 0.2) is 9.04 Å². The predicted octanol–water partition coefficient (Wildman–Crippen LogP) is -0.0861. The minimum atomic E-state index is -0.935. The lowest BCUT2D eigenvalue weighted by Gasteiger charge is -1.93. The fourth-order valence-corrected chi connectivity index (χ4v) is 0. The van der Waals surface area contributed by atoms with Crippen molar-refractivity contribution in [3.63, 3.8) is 0 Å². The zero-order chi connectivity index (χ0) is 9.44. The third-order valence-corrected chi connectivity index (χ3v) is 4.61. The van der Waals surface area contributed by atoms with Crippen LogP contribution in [0, 0.1) is 0 Å². The summed E-state index contributed by atoms with van der Waals surface area (Å²) in [6.45, 7) is 8.95. The van der Waals surface area contributed by atoms with Gasteiger partial charge in [0.25, 0.3) is 0 Å². The summed E-state index contributed by atoms with van der Waals surface area (Å²) in [6.07, 6.45) is 0. The Kier molecular flexibility index (Phi) is 9.26. The van der Waals surface area contributed by atoms with Crippen LogP contribution >= 0.6 is 0 Å². The van der Waals surface area contributed by atoms with E-state index >= 15 is 0 Å². The van der Waals surface area contributed by atoms with Crippen LogP contribution in [0.1, 0.15) is 6.92 Å². The first-order valence-corrected chi connectivity index (χ1v) is 6.93. The standard InChI is InChI=1S/C4H6O2.C2H10OSi2/c1-3(2)4(5)6;1-5(2)3-4/h1H2,2H3,(H,5,6);5H,1-2,4H3. The van der Waals surface area contributed by atoms with E-state index in [1.54, 1.807) is 0 Å². The number of aliphatic carboxylic acids is 1. The lowest BCUT2D eigenvalue weighted by Crippen LogP contribution is -2.02. The maximum absolute atomic E-state index is 9.60. The molecule has 0 aliphatic heterocycles. The van der Waals surface area contributed by atoms with Gasteiger partial charge in [-0.05, 0) is 20.0 Å². The average Bonchev–Trinajstić information content (AvgIpc) is 1.89. The summed E-state index contributed by atoms with van der Waals surface area (Å²) >= 11 is 0. The van der Waals surface area contributed by atoms with Gasteiger partial charge in [0.2, 0.25) is 0 Å². The van der Waals surface area contributed by atoms with Crippen LogP contribution in [0.15, 0.2) is 12.2 Å². The molecule has 0 spiro atoms. The molecular formula is C6H16O3Si2. The molecule has 0 unspecified atom stereocenters. The predicted molar refractivity (Wildman–Crippen MR) is 52.4 cm³/mol. The Morgan fingerprint density at radius 1 is 1.64 bits per heavy atom. The number of hydrogen-bond acceptors (Lipinski definition) is 2. The first-order valence-electron chi connectivity index (χ1n) is 3.33. The molecule has 5 heteroatoms. The molecule has 0 saturated carbocycles. The molecule has 0 aliphatic rings. The molecule has 0 amide bonds. The topological polar surface area (TPSA) is 46.5 Å². The van der Waals surface area contributed by atoms with Gasteiger partial charge in [-0.15, -0.1) is 0 Å². The maximum atomic E-state index is 9.60. The van der Waals surface area contributed by atoms with Crippen molar-refractivity contribution in [2.75, 3.05) is 0 Å². The highest BCUT2D eigenvalue weighted by Crippen LogP contribution is 1.81. The second-order valence-corrected chi connectivity index (χ2v) is 6.35. The fourth-order valence-electron chi connectivity index (χ4n) is 0. The third kappa shape index (κ3) is 17.7. The third-order valence-electron chi connectivity index (χ3n) is 0.836. The lowest BCUT2D eigenvalue weighted by atomic mass is 10.4. The molecule has 0 aromatic carbocycles. The molecule has 0 saturated heterocycles. The van der Waals surface area contributed by atoms with Gasteiger partial charge in [-0.25, -0.2) is 4.79 Å². The number of carboxylic acids is 1. The quantitative estimate of drug-likeness (QED) is 0.491. The Morgan fingerprint density at radius 3 is 1.82 bits per heavy atom. The van der Waals surface area contributed by atoms with E-state index in [9.17, 15) is 4.79 Å². The van der Waals surface area contributed by atoms with Crippen LogP contribution in [0.25, 0.3) is 0 Å². The first kappa shape index (κ1) is 13.2. The largest absolute Gasteiger partial charge is 0.478 e. The minimum Gasteiger partial charge on any atom is -0.478 e. The van der Waals surface area contributed by atoms with E-state index in [1.807, 2.05) is 0 Å². The molecule has 0 heterocycles. The van der Waals surface area contributed by atoms with Crippen LogP contribution in [-0.2, 0) is 8.91 Å². The van der Waals surface area contributed by atoms with Crippen LogP contribution < -0.4 is 0 Å².